The molecule has 0 bridgehead atoms. The van der Waals surface area contributed by atoms with Crippen LogP contribution in [0, 0.1) is 0 Å². The number of aromatic carboxylic acids is 1. The Balaban J connectivity index is 1.29. The summed E-state index contributed by atoms with van der Waals surface area (Å²) in [6.07, 6.45) is 0. The van der Waals surface area contributed by atoms with E-state index in [0.29, 0.717) is 23.2 Å². The number of rotatable bonds is 8. The van der Waals surface area contributed by atoms with Crippen molar-refractivity contribution in [1.29, 1.82) is 0 Å². The van der Waals surface area contributed by atoms with Crippen LogP contribution in [0.4, 0.5) is 0 Å². The lowest BCUT2D eigenvalue weighted by Crippen LogP contribution is -2.26. The number of carboxylic acids is 1. The second kappa shape index (κ2) is 10.6. The molecular weight excluding hydrogens is 480 g/mol. The van der Waals surface area contributed by atoms with Crippen LogP contribution in [0.15, 0.2) is 91.0 Å². The van der Waals surface area contributed by atoms with Gasteiger partial charge in [-0.15, -0.1) is 5.10 Å². The number of carbonyl (C=O) groups excluding carboxylic acids is 1. The zero-order valence-corrected chi connectivity index (χ0v) is 21.0. The number of methoxy groups -OCH3 is 1. The number of nitrogens with zero attached hydrogens (tertiary/aromatic N) is 3. The first kappa shape index (κ1) is 24.7. The molecule has 38 heavy (non-hydrogen) atoms. The van der Waals surface area contributed by atoms with Gasteiger partial charge in [0.2, 0.25) is 0 Å². The lowest BCUT2D eigenvalue weighted by molar-refractivity contribution is 0.0697. The molecule has 0 unspecified atom stereocenters. The number of benzene rings is 4. The zero-order valence-electron chi connectivity index (χ0n) is 21.0. The molecule has 5 aromatic rings. The van der Waals surface area contributed by atoms with E-state index in [-0.39, 0.29) is 17.5 Å². The molecule has 2 N–H and O–H groups in total. The van der Waals surface area contributed by atoms with Gasteiger partial charge >= 0.3 is 5.97 Å². The zero-order chi connectivity index (χ0) is 26.6. The molecule has 0 saturated carbocycles. The van der Waals surface area contributed by atoms with E-state index < -0.39 is 5.97 Å². The lowest BCUT2D eigenvalue weighted by Gasteiger charge is -2.15. The third-order valence-corrected chi connectivity index (χ3v) is 6.49. The van der Waals surface area contributed by atoms with Gasteiger partial charge in [0.05, 0.1) is 30.8 Å². The van der Waals surface area contributed by atoms with Crippen LogP contribution < -0.4 is 10.1 Å². The largest absolute Gasteiger partial charge is 0.497 e. The first-order chi connectivity index (χ1) is 18.4. The predicted octanol–water partition coefficient (Wildman–Crippen LogP) is 5.34. The molecule has 0 fully saturated rings. The monoisotopic (exact) mass is 506 g/mol. The quantitative estimate of drug-likeness (QED) is 0.294. The summed E-state index contributed by atoms with van der Waals surface area (Å²) in [4.78, 5) is 24.4. The third kappa shape index (κ3) is 5.10. The van der Waals surface area contributed by atoms with E-state index in [9.17, 15) is 14.7 Å². The van der Waals surface area contributed by atoms with Crippen LogP contribution in [0.2, 0.25) is 0 Å². The molecule has 0 saturated heterocycles. The number of amides is 1. The highest BCUT2D eigenvalue weighted by Gasteiger charge is 2.15. The Morgan fingerprint density at radius 1 is 0.974 bits per heavy atom. The summed E-state index contributed by atoms with van der Waals surface area (Å²) in [5, 5.41) is 21.0. The van der Waals surface area contributed by atoms with Crippen molar-refractivity contribution >= 4 is 22.9 Å². The molecule has 0 aliphatic rings. The molecule has 1 amide bonds. The molecule has 8 nitrogen and oxygen atoms in total. The molecule has 1 atom stereocenters. The van der Waals surface area contributed by atoms with Gasteiger partial charge in [-0.1, -0.05) is 59.8 Å². The number of nitrogens with one attached hydrogen (secondary N) is 1. The van der Waals surface area contributed by atoms with Crippen molar-refractivity contribution in [3.05, 3.63) is 113 Å². The van der Waals surface area contributed by atoms with Crippen LogP contribution in [0.5, 0.6) is 5.75 Å². The molecule has 0 aliphatic carbocycles. The Kier molecular flexibility index (Phi) is 6.86. The van der Waals surface area contributed by atoms with Crippen molar-refractivity contribution in [3.63, 3.8) is 0 Å². The number of hydrogen-bond acceptors (Lipinski definition) is 5. The Morgan fingerprint density at radius 3 is 2.42 bits per heavy atom. The van der Waals surface area contributed by atoms with Crippen LogP contribution in [-0.4, -0.2) is 39.1 Å². The maximum absolute atomic E-state index is 12.9. The van der Waals surface area contributed by atoms with Crippen molar-refractivity contribution in [3.8, 4) is 16.9 Å². The van der Waals surface area contributed by atoms with Gasteiger partial charge in [-0.2, -0.15) is 0 Å². The van der Waals surface area contributed by atoms with Gasteiger partial charge in [0.15, 0.2) is 0 Å². The van der Waals surface area contributed by atoms with E-state index in [1.165, 1.54) is 0 Å². The summed E-state index contributed by atoms with van der Waals surface area (Å²) in [5.74, 6) is -0.385. The van der Waals surface area contributed by atoms with Gasteiger partial charge in [-0.05, 0) is 65.6 Å². The number of ether oxygens (including phenoxy) is 1. The van der Waals surface area contributed by atoms with E-state index >= 15 is 0 Å². The molecule has 4 aromatic carbocycles. The van der Waals surface area contributed by atoms with Gasteiger partial charge in [0.25, 0.3) is 5.91 Å². The molecule has 0 aliphatic heterocycles. The summed E-state index contributed by atoms with van der Waals surface area (Å²) >= 11 is 0. The Labute approximate surface area is 219 Å². The summed E-state index contributed by atoms with van der Waals surface area (Å²) in [6, 6.07) is 27.4. The minimum absolute atomic E-state index is 0.176. The fourth-order valence-electron chi connectivity index (χ4n) is 4.37. The average molecular weight is 507 g/mol. The van der Waals surface area contributed by atoms with Gasteiger partial charge in [-0.25, -0.2) is 9.48 Å². The van der Waals surface area contributed by atoms with Gasteiger partial charge in [-0.3, -0.25) is 4.79 Å². The summed E-state index contributed by atoms with van der Waals surface area (Å²) in [6.45, 7) is 2.41. The normalized spacial score (nSPS) is 11.7. The van der Waals surface area contributed by atoms with Crippen LogP contribution in [0.25, 0.3) is 22.2 Å². The highest BCUT2D eigenvalue weighted by Crippen LogP contribution is 2.25. The minimum atomic E-state index is -0.956. The average Bonchev–Trinajstić information content (AvgIpc) is 3.35. The second-order valence-corrected chi connectivity index (χ2v) is 8.97. The third-order valence-electron chi connectivity index (χ3n) is 6.49. The van der Waals surface area contributed by atoms with E-state index in [1.54, 1.807) is 42.1 Å². The maximum Gasteiger partial charge on any atom is 0.336 e. The van der Waals surface area contributed by atoms with Gasteiger partial charge in [0.1, 0.15) is 11.3 Å². The number of carboxylic acid groups (broad SMARTS) is 1. The van der Waals surface area contributed by atoms with Gasteiger partial charge < -0.3 is 15.2 Å². The van der Waals surface area contributed by atoms with Crippen LogP contribution >= 0.6 is 0 Å². The van der Waals surface area contributed by atoms with E-state index in [1.807, 2.05) is 67.6 Å². The fraction of sp³-hybridized carbons (Fsp3) is 0.133. The van der Waals surface area contributed by atoms with Crippen LogP contribution in [0.1, 0.15) is 44.8 Å². The molecule has 0 radical (unpaired) electrons. The van der Waals surface area contributed by atoms with Crippen molar-refractivity contribution < 1.29 is 19.4 Å². The van der Waals surface area contributed by atoms with Crippen molar-refractivity contribution in [1.82, 2.24) is 20.3 Å². The minimum Gasteiger partial charge on any atom is -0.497 e. The van der Waals surface area contributed by atoms with Gasteiger partial charge in [0, 0.05) is 5.56 Å². The topological polar surface area (TPSA) is 106 Å². The van der Waals surface area contributed by atoms with Crippen LogP contribution in [-0.2, 0) is 6.54 Å². The highest BCUT2D eigenvalue weighted by molar-refractivity contribution is 5.97. The summed E-state index contributed by atoms with van der Waals surface area (Å²) in [7, 11) is 1.62. The van der Waals surface area contributed by atoms with E-state index in [2.05, 4.69) is 15.6 Å². The smallest absolute Gasteiger partial charge is 0.336 e. The number of aromatic nitrogens is 3. The molecule has 0 spiro atoms. The Hall–Kier alpha value is -4.98. The SMILES string of the molecule is COc1ccc([C@H](C)NC(=O)c2ccc3c(c2)nnn3Cc2ccc(-c3ccccc3C(=O)O)cc2)cc1. The molecule has 1 heterocycles. The van der Waals surface area contributed by atoms with Crippen molar-refractivity contribution in [2.75, 3.05) is 7.11 Å². The van der Waals surface area contributed by atoms with Crippen LogP contribution in [0.3, 0.4) is 0 Å². The molecule has 8 heteroatoms. The highest BCUT2D eigenvalue weighted by atomic mass is 16.5. The molecule has 5 rings (SSSR count). The number of fused-ring (bicyclic) bond motifs is 1. The van der Waals surface area contributed by atoms with E-state index in [4.69, 9.17) is 4.74 Å². The summed E-state index contributed by atoms with van der Waals surface area (Å²) < 4.78 is 6.97. The number of carbonyl (C=O) groups is 2. The fourth-order valence-corrected chi connectivity index (χ4v) is 4.37. The molecule has 1 aromatic heterocycles. The predicted molar refractivity (Wildman–Crippen MR) is 144 cm³/mol. The standard InChI is InChI=1S/C30H26N4O4/c1-19(21-11-14-24(38-2)15-12-21)31-29(35)23-13-16-28-27(17-23)32-33-34(28)18-20-7-9-22(10-8-20)25-5-3-4-6-26(25)30(36)37/h3-17,19H,18H2,1-2H3,(H,31,35)(H,36,37)/t19-/m0/s1. The summed E-state index contributed by atoms with van der Waals surface area (Å²) in [5.41, 5.74) is 5.67. The number of hydrogen-bond donors (Lipinski definition) is 2. The van der Waals surface area contributed by atoms with Crippen molar-refractivity contribution in [2.24, 2.45) is 0 Å². The maximum atomic E-state index is 12.9. The lowest BCUT2D eigenvalue weighted by atomic mass is 9.99. The van der Waals surface area contributed by atoms with Crippen molar-refractivity contribution in [2.45, 2.75) is 19.5 Å². The molecule has 190 valence electrons. The Bertz CT molecular complexity index is 1610. The second-order valence-electron chi connectivity index (χ2n) is 8.97. The first-order valence-electron chi connectivity index (χ1n) is 12.1. The first-order valence-corrected chi connectivity index (χ1v) is 12.1. The Morgan fingerprint density at radius 2 is 1.71 bits per heavy atom. The van der Waals surface area contributed by atoms with E-state index in [0.717, 1.165) is 28.0 Å². The molecular formula is C30H26N4O4.